The number of amides is 1. The van der Waals surface area contributed by atoms with Crippen LogP contribution in [-0.4, -0.2) is 23.8 Å². The predicted octanol–water partition coefficient (Wildman–Crippen LogP) is 2.74. The van der Waals surface area contributed by atoms with Gasteiger partial charge >= 0.3 is 0 Å². The molecule has 1 aromatic rings. The molecule has 1 amide bonds. The highest BCUT2D eigenvalue weighted by Gasteiger charge is 2.22. The van der Waals surface area contributed by atoms with Crippen molar-refractivity contribution in [3.8, 4) is 11.5 Å². The molecule has 8 heteroatoms. The van der Waals surface area contributed by atoms with Crippen LogP contribution in [0.1, 0.15) is 44.6 Å². The molecule has 1 N–H and O–H groups in total. The number of nitrogens with zero attached hydrogens (tertiary/aromatic N) is 2. The summed E-state index contributed by atoms with van der Waals surface area (Å²) in [5.74, 6) is 0.539. The molecule has 1 aliphatic rings. The van der Waals surface area contributed by atoms with Crippen molar-refractivity contribution < 1.29 is 19.2 Å². The minimum Gasteiger partial charge on any atom is -0.454 e. The standard InChI is InChI=1S/C15H19N3O5/c1-2-3-4-5-6-15(19)17-16-9-11-7-13-14(23-10-22-13)8-12(11)18(20)21/h7-9H,2-6,10H2,1H3,(H,17,19)/b16-9+. The third-order valence-corrected chi connectivity index (χ3v) is 3.37. The maximum Gasteiger partial charge on any atom is 0.282 e. The van der Waals surface area contributed by atoms with Crippen LogP contribution >= 0.6 is 0 Å². The van der Waals surface area contributed by atoms with Gasteiger partial charge in [0.15, 0.2) is 11.5 Å². The van der Waals surface area contributed by atoms with E-state index in [2.05, 4.69) is 17.5 Å². The summed E-state index contributed by atoms with van der Waals surface area (Å²) in [6, 6.07) is 2.76. The summed E-state index contributed by atoms with van der Waals surface area (Å²) >= 11 is 0. The molecule has 1 aromatic carbocycles. The van der Waals surface area contributed by atoms with E-state index in [1.165, 1.54) is 18.3 Å². The van der Waals surface area contributed by atoms with Gasteiger partial charge < -0.3 is 9.47 Å². The van der Waals surface area contributed by atoms with Gasteiger partial charge in [-0.25, -0.2) is 5.43 Å². The second-order valence-corrected chi connectivity index (χ2v) is 5.13. The summed E-state index contributed by atoms with van der Waals surface area (Å²) < 4.78 is 10.3. The molecule has 23 heavy (non-hydrogen) atoms. The first kappa shape index (κ1) is 16.7. The van der Waals surface area contributed by atoms with Crippen molar-refractivity contribution in [2.45, 2.75) is 39.0 Å². The minimum atomic E-state index is -0.532. The number of nitro groups is 1. The van der Waals surface area contributed by atoms with Gasteiger partial charge in [0.25, 0.3) is 5.69 Å². The Labute approximate surface area is 133 Å². The number of hydrazone groups is 1. The first-order valence-corrected chi connectivity index (χ1v) is 7.51. The van der Waals surface area contributed by atoms with Crippen LogP contribution in [0.25, 0.3) is 0 Å². The second kappa shape index (κ2) is 8.11. The minimum absolute atomic E-state index is 0.0293. The van der Waals surface area contributed by atoms with Crippen LogP contribution in [0.5, 0.6) is 11.5 Å². The molecular formula is C15H19N3O5. The lowest BCUT2D eigenvalue weighted by molar-refractivity contribution is -0.385. The summed E-state index contributed by atoms with van der Waals surface area (Å²) in [5, 5.41) is 14.9. The highest BCUT2D eigenvalue weighted by atomic mass is 16.7. The monoisotopic (exact) mass is 321 g/mol. The van der Waals surface area contributed by atoms with E-state index < -0.39 is 4.92 Å². The fourth-order valence-corrected chi connectivity index (χ4v) is 2.15. The lowest BCUT2D eigenvalue weighted by atomic mass is 10.1. The van der Waals surface area contributed by atoms with Gasteiger partial charge in [-0.1, -0.05) is 26.2 Å². The van der Waals surface area contributed by atoms with Crippen molar-refractivity contribution in [1.82, 2.24) is 5.43 Å². The molecule has 0 aromatic heterocycles. The van der Waals surface area contributed by atoms with E-state index in [0.29, 0.717) is 17.9 Å². The molecule has 0 aliphatic carbocycles. The summed E-state index contributed by atoms with van der Waals surface area (Å²) in [4.78, 5) is 22.1. The number of benzene rings is 1. The first-order valence-electron chi connectivity index (χ1n) is 7.51. The smallest absolute Gasteiger partial charge is 0.282 e. The number of nitrogens with one attached hydrogen (secondary N) is 1. The average molecular weight is 321 g/mol. The van der Waals surface area contributed by atoms with Crippen LogP contribution in [0.4, 0.5) is 5.69 Å². The molecule has 0 spiro atoms. The highest BCUT2D eigenvalue weighted by Crippen LogP contribution is 2.37. The topological polar surface area (TPSA) is 103 Å². The SMILES string of the molecule is CCCCCCC(=O)N/N=C/c1cc2c(cc1[N+](=O)[O-])OCO2. The maximum absolute atomic E-state index is 11.6. The number of carbonyl (C=O) groups is 1. The normalized spacial score (nSPS) is 12.6. The zero-order valence-electron chi connectivity index (χ0n) is 12.9. The number of hydrogen-bond donors (Lipinski definition) is 1. The van der Waals surface area contributed by atoms with Gasteiger partial charge in [-0.3, -0.25) is 14.9 Å². The largest absolute Gasteiger partial charge is 0.454 e. The zero-order valence-corrected chi connectivity index (χ0v) is 12.9. The Balaban J connectivity index is 1.96. The Kier molecular flexibility index (Phi) is 5.90. The molecule has 0 saturated carbocycles. The summed E-state index contributed by atoms with van der Waals surface area (Å²) in [6.07, 6.45) is 5.64. The predicted molar refractivity (Wildman–Crippen MR) is 83.7 cm³/mol. The number of rotatable bonds is 8. The molecule has 2 rings (SSSR count). The molecule has 8 nitrogen and oxygen atoms in total. The van der Waals surface area contributed by atoms with Crippen molar-refractivity contribution in [2.75, 3.05) is 6.79 Å². The van der Waals surface area contributed by atoms with E-state index in [1.54, 1.807) is 0 Å². The molecule has 0 fully saturated rings. The number of unbranched alkanes of at least 4 members (excludes halogenated alkanes) is 3. The van der Waals surface area contributed by atoms with Crippen molar-refractivity contribution >= 4 is 17.8 Å². The highest BCUT2D eigenvalue weighted by molar-refractivity contribution is 5.88. The van der Waals surface area contributed by atoms with E-state index in [0.717, 1.165) is 25.7 Å². The van der Waals surface area contributed by atoms with E-state index >= 15 is 0 Å². The van der Waals surface area contributed by atoms with Crippen LogP contribution in [0.15, 0.2) is 17.2 Å². The van der Waals surface area contributed by atoms with Gasteiger partial charge in [-0.15, -0.1) is 0 Å². The fourth-order valence-electron chi connectivity index (χ4n) is 2.15. The van der Waals surface area contributed by atoms with Gasteiger partial charge in [0.1, 0.15) is 0 Å². The Morgan fingerprint density at radius 2 is 2.09 bits per heavy atom. The van der Waals surface area contributed by atoms with Gasteiger partial charge in [-0.05, 0) is 12.5 Å². The number of carbonyl (C=O) groups excluding carboxylic acids is 1. The molecule has 0 bridgehead atoms. The molecule has 1 heterocycles. The molecule has 0 radical (unpaired) electrons. The van der Waals surface area contributed by atoms with Crippen LogP contribution in [-0.2, 0) is 4.79 Å². The van der Waals surface area contributed by atoms with Crippen molar-refractivity contribution in [3.05, 3.63) is 27.8 Å². The van der Waals surface area contributed by atoms with E-state index in [1.807, 2.05) is 0 Å². The summed E-state index contributed by atoms with van der Waals surface area (Å²) in [5.41, 5.74) is 2.46. The molecule has 0 saturated heterocycles. The number of hydrogen-bond acceptors (Lipinski definition) is 6. The summed E-state index contributed by atoms with van der Waals surface area (Å²) in [7, 11) is 0. The third kappa shape index (κ3) is 4.67. The van der Waals surface area contributed by atoms with Crippen LogP contribution in [0.2, 0.25) is 0 Å². The van der Waals surface area contributed by atoms with Crippen molar-refractivity contribution in [2.24, 2.45) is 5.10 Å². The quantitative estimate of drug-likeness (QED) is 0.343. The van der Waals surface area contributed by atoms with Gasteiger partial charge in [-0.2, -0.15) is 5.10 Å². The Morgan fingerprint density at radius 1 is 1.35 bits per heavy atom. The van der Waals surface area contributed by atoms with Gasteiger partial charge in [0.05, 0.1) is 22.8 Å². The average Bonchev–Trinajstić information content (AvgIpc) is 2.98. The lowest BCUT2D eigenvalue weighted by Gasteiger charge is -2.01. The van der Waals surface area contributed by atoms with E-state index in [4.69, 9.17) is 9.47 Å². The third-order valence-electron chi connectivity index (χ3n) is 3.37. The van der Waals surface area contributed by atoms with Gasteiger partial charge in [0.2, 0.25) is 12.7 Å². The summed E-state index contributed by atoms with van der Waals surface area (Å²) in [6.45, 7) is 2.13. The Bertz CT molecular complexity index is 615. The molecule has 1 aliphatic heterocycles. The first-order chi connectivity index (χ1) is 11.1. The van der Waals surface area contributed by atoms with E-state index in [-0.39, 0.29) is 24.0 Å². The Morgan fingerprint density at radius 3 is 2.78 bits per heavy atom. The van der Waals surface area contributed by atoms with Crippen molar-refractivity contribution in [1.29, 1.82) is 0 Å². The van der Waals surface area contributed by atoms with Crippen molar-refractivity contribution in [3.63, 3.8) is 0 Å². The Hall–Kier alpha value is -2.64. The van der Waals surface area contributed by atoms with Crippen LogP contribution in [0.3, 0.4) is 0 Å². The zero-order chi connectivity index (χ0) is 16.7. The molecule has 124 valence electrons. The number of ether oxygens (including phenoxy) is 2. The van der Waals surface area contributed by atoms with Crippen LogP contribution in [0, 0.1) is 10.1 Å². The fraction of sp³-hybridized carbons (Fsp3) is 0.467. The lowest BCUT2D eigenvalue weighted by Crippen LogP contribution is -2.17. The molecule has 0 atom stereocenters. The number of fused-ring (bicyclic) bond motifs is 1. The van der Waals surface area contributed by atoms with Gasteiger partial charge in [0, 0.05) is 6.42 Å². The number of nitro benzene ring substituents is 1. The van der Waals surface area contributed by atoms with Crippen LogP contribution < -0.4 is 14.9 Å². The molecular weight excluding hydrogens is 302 g/mol. The second-order valence-electron chi connectivity index (χ2n) is 5.13. The molecule has 0 unspecified atom stereocenters. The maximum atomic E-state index is 11.6. The van der Waals surface area contributed by atoms with E-state index in [9.17, 15) is 14.9 Å².